The number of aromatic nitrogens is 2. The van der Waals surface area contributed by atoms with Gasteiger partial charge in [-0.2, -0.15) is 10.2 Å². The molecule has 2 fully saturated rings. The van der Waals surface area contributed by atoms with Gasteiger partial charge in [0.15, 0.2) is 0 Å². The summed E-state index contributed by atoms with van der Waals surface area (Å²) in [5.74, 6) is -0.0105. The molecule has 2 saturated heterocycles. The maximum Gasteiger partial charge on any atom is 0.255 e. The fraction of sp³-hybridized carbons (Fsp3) is 0.615. The van der Waals surface area contributed by atoms with E-state index in [1.807, 2.05) is 0 Å². The normalized spacial score (nSPS) is 25.1. The van der Waals surface area contributed by atoms with Crippen molar-refractivity contribution < 1.29 is 14.3 Å². The molecule has 1 aromatic rings. The van der Waals surface area contributed by atoms with E-state index in [-0.39, 0.29) is 17.6 Å². The van der Waals surface area contributed by atoms with Gasteiger partial charge in [-0.3, -0.25) is 4.79 Å². The van der Waals surface area contributed by atoms with Crippen LogP contribution in [0.5, 0.6) is 0 Å². The van der Waals surface area contributed by atoms with Gasteiger partial charge >= 0.3 is 0 Å². The quantitative estimate of drug-likeness (QED) is 0.777. The molecule has 2 aliphatic rings. The summed E-state index contributed by atoms with van der Waals surface area (Å²) in [4.78, 5) is 14.0. The Bertz CT molecular complexity index is 459. The molecule has 0 unspecified atom stereocenters. The molecule has 102 valence electrons. The van der Waals surface area contributed by atoms with Crippen molar-refractivity contribution in [2.45, 2.75) is 24.5 Å². The Morgan fingerprint density at radius 1 is 1.53 bits per heavy atom. The van der Waals surface area contributed by atoms with Crippen LogP contribution in [-0.4, -0.2) is 59.5 Å². The van der Waals surface area contributed by atoms with Gasteiger partial charge in [0.2, 0.25) is 0 Å². The topological polar surface area (TPSA) is 64.6 Å². The molecule has 1 aromatic heterocycles. The molecular formula is C13H17N3O3. The molecule has 2 aliphatic heterocycles. The van der Waals surface area contributed by atoms with Crippen LogP contribution in [0.25, 0.3) is 0 Å². The summed E-state index contributed by atoms with van der Waals surface area (Å²) in [6, 6.07) is 1.68. The van der Waals surface area contributed by atoms with Crippen molar-refractivity contribution in [3.05, 3.63) is 24.0 Å². The molecule has 1 amide bonds. The van der Waals surface area contributed by atoms with E-state index in [4.69, 9.17) is 9.47 Å². The van der Waals surface area contributed by atoms with E-state index in [0.717, 1.165) is 12.8 Å². The molecule has 1 spiro atoms. The minimum absolute atomic E-state index is 0.0105. The zero-order valence-electron chi connectivity index (χ0n) is 10.9. The third kappa shape index (κ3) is 2.33. The number of amides is 1. The molecule has 0 bridgehead atoms. The summed E-state index contributed by atoms with van der Waals surface area (Å²) in [7, 11) is 1.73. The molecule has 19 heavy (non-hydrogen) atoms. The zero-order chi connectivity index (χ0) is 13.3. The van der Waals surface area contributed by atoms with Gasteiger partial charge in [-0.15, -0.1) is 0 Å². The summed E-state index contributed by atoms with van der Waals surface area (Å²) >= 11 is 0. The van der Waals surface area contributed by atoms with Crippen LogP contribution in [0, 0.1) is 0 Å². The fourth-order valence-corrected chi connectivity index (χ4v) is 2.80. The molecule has 0 N–H and O–H groups in total. The average molecular weight is 263 g/mol. The lowest BCUT2D eigenvalue weighted by molar-refractivity contribution is -0.181. The second-order valence-corrected chi connectivity index (χ2v) is 5.17. The minimum atomic E-state index is -0.199. The zero-order valence-corrected chi connectivity index (χ0v) is 10.9. The predicted octanol–water partition coefficient (Wildman–Crippen LogP) is 0.497. The van der Waals surface area contributed by atoms with Crippen molar-refractivity contribution in [2.24, 2.45) is 0 Å². The summed E-state index contributed by atoms with van der Waals surface area (Å²) < 4.78 is 11.2. The van der Waals surface area contributed by atoms with Gasteiger partial charge in [0.05, 0.1) is 37.2 Å². The molecule has 0 aliphatic carbocycles. The third-order valence-electron chi connectivity index (χ3n) is 3.86. The van der Waals surface area contributed by atoms with Crippen molar-refractivity contribution in [3.63, 3.8) is 0 Å². The highest BCUT2D eigenvalue weighted by Gasteiger charge is 2.49. The van der Waals surface area contributed by atoms with Crippen molar-refractivity contribution in [1.29, 1.82) is 0 Å². The molecule has 0 radical (unpaired) electrons. The predicted molar refractivity (Wildman–Crippen MR) is 66.6 cm³/mol. The Morgan fingerprint density at radius 2 is 2.37 bits per heavy atom. The van der Waals surface area contributed by atoms with Crippen LogP contribution in [-0.2, 0) is 9.47 Å². The Morgan fingerprint density at radius 3 is 3.05 bits per heavy atom. The number of hydrogen-bond acceptors (Lipinski definition) is 5. The molecular weight excluding hydrogens is 246 g/mol. The van der Waals surface area contributed by atoms with E-state index in [0.29, 0.717) is 25.3 Å². The van der Waals surface area contributed by atoms with E-state index < -0.39 is 0 Å². The maximum absolute atomic E-state index is 12.2. The number of carbonyl (C=O) groups excluding carboxylic acids is 1. The Balaban J connectivity index is 1.62. The van der Waals surface area contributed by atoms with Crippen molar-refractivity contribution in [3.8, 4) is 0 Å². The van der Waals surface area contributed by atoms with Crippen LogP contribution in [0.2, 0.25) is 0 Å². The van der Waals surface area contributed by atoms with Gasteiger partial charge in [0, 0.05) is 20.1 Å². The SMILES string of the molecule is CO[C@H]1CCOC2(C1)CN(C(=O)c1ccnnc1)C2. The Hall–Kier alpha value is -1.53. The number of hydrogen-bond donors (Lipinski definition) is 0. The highest BCUT2D eigenvalue weighted by molar-refractivity contribution is 5.94. The smallest absolute Gasteiger partial charge is 0.255 e. The van der Waals surface area contributed by atoms with Crippen LogP contribution >= 0.6 is 0 Å². The van der Waals surface area contributed by atoms with E-state index in [9.17, 15) is 4.79 Å². The van der Waals surface area contributed by atoms with Crippen molar-refractivity contribution in [1.82, 2.24) is 15.1 Å². The van der Waals surface area contributed by atoms with Gasteiger partial charge in [-0.25, -0.2) is 0 Å². The second kappa shape index (κ2) is 4.86. The van der Waals surface area contributed by atoms with Gasteiger partial charge in [-0.05, 0) is 12.5 Å². The van der Waals surface area contributed by atoms with E-state index >= 15 is 0 Å². The number of ether oxygens (including phenoxy) is 2. The Labute approximate surface area is 111 Å². The third-order valence-corrected chi connectivity index (χ3v) is 3.86. The standard InChI is InChI=1S/C13H17N3O3/c1-18-11-3-5-19-13(6-11)8-16(9-13)12(17)10-2-4-14-15-7-10/h2,4,7,11H,3,5-6,8-9H2,1H3/t11-/m0/s1. The van der Waals surface area contributed by atoms with Crippen LogP contribution in [0.15, 0.2) is 18.5 Å². The fourth-order valence-electron chi connectivity index (χ4n) is 2.80. The second-order valence-electron chi connectivity index (χ2n) is 5.17. The number of nitrogens with zero attached hydrogens (tertiary/aromatic N) is 3. The van der Waals surface area contributed by atoms with E-state index in [2.05, 4.69) is 10.2 Å². The van der Waals surface area contributed by atoms with Gasteiger partial charge in [0.25, 0.3) is 5.91 Å². The summed E-state index contributed by atoms with van der Waals surface area (Å²) in [5.41, 5.74) is 0.374. The lowest BCUT2D eigenvalue weighted by Gasteiger charge is -2.52. The average Bonchev–Trinajstić information content (AvgIpc) is 2.45. The molecule has 6 nitrogen and oxygen atoms in total. The monoisotopic (exact) mass is 263 g/mol. The number of rotatable bonds is 2. The largest absolute Gasteiger partial charge is 0.381 e. The summed E-state index contributed by atoms with van der Waals surface area (Å²) in [6.45, 7) is 1.97. The first kappa shape index (κ1) is 12.5. The first-order valence-electron chi connectivity index (χ1n) is 6.45. The highest BCUT2D eigenvalue weighted by atomic mass is 16.5. The van der Waals surface area contributed by atoms with Crippen LogP contribution in [0.4, 0.5) is 0 Å². The van der Waals surface area contributed by atoms with Crippen molar-refractivity contribution in [2.75, 3.05) is 26.8 Å². The molecule has 3 rings (SSSR count). The number of likely N-dealkylation sites (tertiary alicyclic amines) is 1. The van der Waals surface area contributed by atoms with Crippen LogP contribution in [0.3, 0.4) is 0 Å². The minimum Gasteiger partial charge on any atom is -0.381 e. The van der Waals surface area contributed by atoms with Gasteiger partial charge in [-0.1, -0.05) is 0 Å². The van der Waals surface area contributed by atoms with Crippen molar-refractivity contribution >= 4 is 5.91 Å². The van der Waals surface area contributed by atoms with Gasteiger partial charge in [0.1, 0.15) is 5.60 Å². The van der Waals surface area contributed by atoms with E-state index in [1.165, 1.54) is 12.4 Å². The maximum atomic E-state index is 12.2. The Kier molecular flexibility index (Phi) is 3.20. The molecule has 0 aromatic carbocycles. The molecule has 1 atom stereocenters. The first-order valence-corrected chi connectivity index (χ1v) is 6.45. The van der Waals surface area contributed by atoms with Gasteiger partial charge < -0.3 is 14.4 Å². The highest BCUT2D eigenvalue weighted by Crippen LogP contribution is 2.35. The molecule has 0 saturated carbocycles. The summed E-state index contributed by atoms with van der Waals surface area (Å²) in [6.07, 6.45) is 5.06. The van der Waals surface area contributed by atoms with Crippen LogP contribution in [0.1, 0.15) is 23.2 Å². The first-order chi connectivity index (χ1) is 9.22. The number of carbonyl (C=O) groups is 1. The number of methoxy groups -OCH3 is 1. The molecule has 3 heterocycles. The van der Waals surface area contributed by atoms with E-state index in [1.54, 1.807) is 18.1 Å². The van der Waals surface area contributed by atoms with Crippen LogP contribution < -0.4 is 0 Å². The molecule has 6 heteroatoms. The summed E-state index contributed by atoms with van der Waals surface area (Å²) in [5, 5.41) is 7.40. The lowest BCUT2D eigenvalue weighted by Crippen LogP contribution is -2.67. The lowest BCUT2D eigenvalue weighted by atomic mass is 9.84.